The third-order valence-electron chi connectivity index (χ3n) is 1.89. The zero-order valence-corrected chi connectivity index (χ0v) is 9.43. The Bertz CT molecular complexity index is 592. The van der Waals surface area contributed by atoms with Crippen molar-refractivity contribution < 1.29 is 22.7 Å². The summed E-state index contributed by atoms with van der Waals surface area (Å²) in [5.74, 6) is -5.30. The lowest BCUT2D eigenvalue weighted by molar-refractivity contribution is 0.100. The molecule has 0 bridgehead atoms. The van der Waals surface area contributed by atoms with Gasteiger partial charge < -0.3 is 10.5 Å². The monoisotopic (exact) mass is 274 g/mol. The summed E-state index contributed by atoms with van der Waals surface area (Å²) < 4.78 is 43.4. The van der Waals surface area contributed by atoms with Gasteiger partial charge in [0, 0.05) is 12.1 Å². The molecule has 0 radical (unpaired) electrons. The third-order valence-corrected chi connectivity index (χ3v) is 2.78. The lowest BCUT2D eigenvalue weighted by Crippen LogP contribution is -2.08. The van der Waals surface area contributed by atoms with Crippen molar-refractivity contribution in [3.05, 3.63) is 40.7 Å². The highest BCUT2D eigenvalue weighted by Gasteiger charge is 2.13. The normalized spacial score (nSPS) is 10.4. The van der Waals surface area contributed by atoms with Crippen molar-refractivity contribution in [3.63, 3.8) is 0 Å². The smallest absolute Gasteiger partial charge is 0.279 e. The van der Waals surface area contributed by atoms with Crippen LogP contribution in [-0.2, 0) is 0 Å². The van der Waals surface area contributed by atoms with Crippen LogP contribution in [0.5, 0.6) is 10.9 Å². The van der Waals surface area contributed by atoms with Crippen LogP contribution in [0.15, 0.2) is 18.3 Å². The van der Waals surface area contributed by atoms with Crippen LogP contribution < -0.4 is 10.5 Å². The van der Waals surface area contributed by atoms with E-state index in [9.17, 15) is 18.0 Å². The van der Waals surface area contributed by atoms with Crippen molar-refractivity contribution >= 4 is 17.2 Å². The number of aromatic nitrogens is 1. The largest absolute Gasteiger partial charge is 0.431 e. The molecule has 0 aliphatic heterocycles. The van der Waals surface area contributed by atoms with E-state index in [4.69, 9.17) is 10.5 Å². The number of hydrogen-bond acceptors (Lipinski definition) is 4. The van der Waals surface area contributed by atoms with Gasteiger partial charge in [-0.3, -0.25) is 4.79 Å². The minimum atomic E-state index is -1.58. The van der Waals surface area contributed by atoms with E-state index in [-0.39, 0.29) is 15.8 Å². The Kier molecular flexibility index (Phi) is 3.19. The van der Waals surface area contributed by atoms with E-state index < -0.39 is 23.4 Å². The van der Waals surface area contributed by atoms with Crippen molar-refractivity contribution in [2.75, 3.05) is 0 Å². The molecular weight excluding hydrogens is 269 g/mol. The summed E-state index contributed by atoms with van der Waals surface area (Å²) in [6, 6.07) is 1.34. The van der Waals surface area contributed by atoms with Gasteiger partial charge >= 0.3 is 0 Å². The third kappa shape index (κ3) is 2.43. The quantitative estimate of drug-likeness (QED) is 0.874. The number of thiazole rings is 1. The van der Waals surface area contributed by atoms with Crippen LogP contribution in [0.4, 0.5) is 13.2 Å². The maximum Gasteiger partial charge on any atom is 0.279 e. The topological polar surface area (TPSA) is 65.2 Å². The zero-order chi connectivity index (χ0) is 13.3. The van der Waals surface area contributed by atoms with E-state index in [2.05, 4.69) is 4.98 Å². The van der Waals surface area contributed by atoms with Gasteiger partial charge in [0.25, 0.3) is 11.1 Å². The van der Waals surface area contributed by atoms with Crippen molar-refractivity contribution in [2.24, 2.45) is 5.73 Å². The Balaban J connectivity index is 2.25. The Morgan fingerprint density at radius 2 is 1.89 bits per heavy atom. The molecular formula is C10H5F3N2O2S. The second-order valence-corrected chi connectivity index (χ2v) is 4.15. The molecule has 1 aromatic carbocycles. The Morgan fingerprint density at radius 1 is 1.28 bits per heavy atom. The molecule has 0 saturated carbocycles. The standard InChI is InChI=1S/C10H5F3N2O2S/c11-5-1-4(2-6(12)8(5)13)17-10-15-3-7(18-10)9(14)16/h1-3H,(H2,14,16). The van der Waals surface area contributed by atoms with Crippen LogP contribution in [0.3, 0.4) is 0 Å². The number of hydrogen-bond donors (Lipinski definition) is 1. The summed E-state index contributed by atoms with van der Waals surface area (Å²) in [6.45, 7) is 0. The highest BCUT2D eigenvalue weighted by atomic mass is 32.1. The molecule has 18 heavy (non-hydrogen) atoms. The summed E-state index contributed by atoms with van der Waals surface area (Å²) in [5.41, 5.74) is 4.99. The van der Waals surface area contributed by atoms with Crippen molar-refractivity contribution in [2.45, 2.75) is 0 Å². The first-order valence-corrected chi connectivity index (χ1v) is 5.37. The number of nitrogens with zero attached hydrogens (tertiary/aromatic N) is 1. The average molecular weight is 274 g/mol. The van der Waals surface area contributed by atoms with Gasteiger partial charge in [-0.1, -0.05) is 11.3 Å². The second kappa shape index (κ2) is 4.65. The van der Waals surface area contributed by atoms with Crippen LogP contribution in [-0.4, -0.2) is 10.9 Å². The van der Waals surface area contributed by atoms with Crippen molar-refractivity contribution in [3.8, 4) is 10.9 Å². The van der Waals surface area contributed by atoms with Gasteiger partial charge in [0.1, 0.15) is 10.6 Å². The average Bonchev–Trinajstić information content (AvgIpc) is 2.74. The molecule has 94 valence electrons. The predicted molar refractivity (Wildman–Crippen MR) is 57.0 cm³/mol. The lowest BCUT2D eigenvalue weighted by atomic mass is 10.3. The van der Waals surface area contributed by atoms with Crippen LogP contribution in [0.1, 0.15) is 9.67 Å². The number of nitrogens with two attached hydrogens (primary N) is 1. The summed E-state index contributed by atoms with van der Waals surface area (Å²) >= 11 is 0.805. The molecule has 1 aromatic heterocycles. The number of rotatable bonds is 3. The van der Waals surface area contributed by atoms with Crippen LogP contribution in [0.2, 0.25) is 0 Å². The molecule has 0 aliphatic rings. The van der Waals surface area contributed by atoms with Crippen LogP contribution >= 0.6 is 11.3 Å². The summed E-state index contributed by atoms with van der Waals surface area (Å²) in [4.78, 5) is 14.6. The molecule has 2 N–H and O–H groups in total. The molecule has 1 heterocycles. The molecule has 0 atom stereocenters. The van der Waals surface area contributed by atoms with Gasteiger partial charge in [-0.05, 0) is 0 Å². The van der Waals surface area contributed by atoms with Gasteiger partial charge in [0.15, 0.2) is 17.5 Å². The van der Waals surface area contributed by atoms with E-state index >= 15 is 0 Å². The molecule has 8 heteroatoms. The SMILES string of the molecule is NC(=O)c1cnc(Oc2cc(F)c(F)c(F)c2)s1. The summed E-state index contributed by atoms with van der Waals surface area (Å²) in [6.07, 6.45) is 1.17. The van der Waals surface area contributed by atoms with E-state index in [0.29, 0.717) is 12.1 Å². The predicted octanol–water partition coefficient (Wildman–Crippen LogP) is 2.45. The fraction of sp³-hybridized carbons (Fsp3) is 0. The van der Waals surface area contributed by atoms with Gasteiger partial charge in [-0.2, -0.15) is 0 Å². The second-order valence-electron chi connectivity index (χ2n) is 3.16. The van der Waals surface area contributed by atoms with E-state index in [1.54, 1.807) is 0 Å². The first-order valence-electron chi connectivity index (χ1n) is 4.55. The number of primary amides is 1. The lowest BCUT2D eigenvalue weighted by Gasteiger charge is -2.02. The molecule has 0 aliphatic carbocycles. The number of halogens is 3. The highest BCUT2D eigenvalue weighted by Crippen LogP contribution is 2.28. The van der Waals surface area contributed by atoms with Crippen molar-refractivity contribution in [1.82, 2.24) is 4.98 Å². The summed E-state index contributed by atoms with van der Waals surface area (Å²) in [5, 5.41) is -0.0331. The van der Waals surface area contributed by atoms with Gasteiger partial charge in [-0.25, -0.2) is 18.2 Å². The number of benzene rings is 1. The minimum Gasteiger partial charge on any atom is -0.431 e. The Morgan fingerprint density at radius 3 is 2.39 bits per heavy atom. The Hall–Kier alpha value is -2.09. The summed E-state index contributed by atoms with van der Waals surface area (Å²) in [7, 11) is 0. The van der Waals surface area contributed by atoms with Gasteiger partial charge in [0.2, 0.25) is 0 Å². The van der Waals surface area contributed by atoms with Crippen molar-refractivity contribution in [1.29, 1.82) is 0 Å². The molecule has 0 saturated heterocycles. The van der Waals surface area contributed by atoms with Crippen LogP contribution in [0.25, 0.3) is 0 Å². The number of amides is 1. The molecule has 0 spiro atoms. The molecule has 2 aromatic rings. The van der Waals surface area contributed by atoms with Crippen LogP contribution in [0, 0.1) is 17.5 Å². The molecule has 4 nitrogen and oxygen atoms in total. The fourth-order valence-corrected chi connectivity index (χ4v) is 1.75. The fourth-order valence-electron chi connectivity index (χ4n) is 1.11. The maximum absolute atomic E-state index is 12.9. The van der Waals surface area contributed by atoms with E-state index in [1.807, 2.05) is 0 Å². The van der Waals surface area contributed by atoms with Gasteiger partial charge in [0.05, 0.1) is 6.20 Å². The maximum atomic E-state index is 12.9. The molecule has 0 unspecified atom stereocenters. The number of carbonyl (C=O) groups is 1. The first-order chi connectivity index (χ1) is 8.47. The zero-order valence-electron chi connectivity index (χ0n) is 8.62. The molecule has 0 fully saturated rings. The van der Waals surface area contributed by atoms with E-state index in [0.717, 1.165) is 11.3 Å². The molecule has 2 rings (SSSR count). The number of ether oxygens (including phenoxy) is 1. The highest BCUT2D eigenvalue weighted by molar-refractivity contribution is 7.15. The number of carbonyl (C=O) groups excluding carboxylic acids is 1. The van der Waals surface area contributed by atoms with Gasteiger partial charge in [-0.15, -0.1) is 0 Å². The molecule has 1 amide bonds. The first kappa shape index (κ1) is 12.4. The minimum absolute atomic E-state index is 0.0331. The van der Waals surface area contributed by atoms with E-state index in [1.165, 1.54) is 6.20 Å². The Labute approximate surface area is 103 Å².